The summed E-state index contributed by atoms with van der Waals surface area (Å²) in [6, 6.07) is 8.02. The highest BCUT2D eigenvalue weighted by Crippen LogP contribution is 2.14. The fourth-order valence-electron chi connectivity index (χ4n) is 2.34. The van der Waals surface area contributed by atoms with E-state index in [1.165, 1.54) is 0 Å². The zero-order valence-electron chi connectivity index (χ0n) is 14.4. The van der Waals surface area contributed by atoms with Crippen molar-refractivity contribution in [2.75, 3.05) is 46.0 Å². The normalized spacial score (nSPS) is 15.6. The summed E-state index contributed by atoms with van der Waals surface area (Å²) in [5.74, 6) is 1.37. The smallest absolute Gasteiger partial charge is 0.188 e. The van der Waals surface area contributed by atoms with Crippen molar-refractivity contribution in [2.24, 2.45) is 10.7 Å². The van der Waals surface area contributed by atoms with Gasteiger partial charge in [-0.25, -0.2) is 4.99 Å². The van der Waals surface area contributed by atoms with E-state index in [-0.39, 0.29) is 24.0 Å². The number of ether oxygens (including phenoxy) is 2. The first-order valence-corrected chi connectivity index (χ1v) is 8.33. The largest absolute Gasteiger partial charge is 0.492 e. The molecule has 0 aliphatic carbocycles. The monoisotopic (exact) mass is 448 g/mol. The number of nitrogens with zero attached hydrogens (tertiary/aromatic N) is 2. The third-order valence-corrected chi connectivity index (χ3v) is 3.67. The second-order valence-corrected chi connectivity index (χ2v) is 5.58. The van der Waals surface area contributed by atoms with E-state index >= 15 is 0 Å². The molecule has 0 amide bonds. The molecule has 0 spiro atoms. The van der Waals surface area contributed by atoms with Gasteiger partial charge in [0.15, 0.2) is 5.96 Å². The molecular formula is C17H29IN4O2. The predicted octanol–water partition coefficient (Wildman–Crippen LogP) is 1.83. The van der Waals surface area contributed by atoms with Crippen molar-refractivity contribution >= 4 is 29.9 Å². The molecule has 1 saturated heterocycles. The third-order valence-electron chi connectivity index (χ3n) is 3.67. The Morgan fingerprint density at radius 1 is 1.38 bits per heavy atom. The van der Waals surface area contributed by atoms with E-state index in [0.29, 0.717) is 19.1 Å². The summed E-state index contributed by atoms with van der Waals surface area (Å²) in [4.78, 5) is 6.69. The van der Waals surface area contributed by atoms with Crippen LogP contribution in [0.15, 0.2) is 29.3 Å². The van der Waals surface area contributed by atoms with Crippen molar-refractivity contribution in [3.05, 3.63) is 29.8 Å². The van der Waals surface area contributed by atoms with Gasteiger partial charge in [-0.05, 0) is 24.1 Å². The molecule has 136 valence electrons. The fraction of sp³-hybridized carbons (Fsp3) is 0.588. The van der Waals surface area contributed by atoms with Crippen LogP contribution in [-0.4, -0.2) is 56.9 Å². The van der Waals surface area contributed by atoms with Crippen LogP contribution in [0, 0.1) is 0 Å². The molecule has 0 bridgehead atoms. The Hall–Kier alpha value is -1.06. The molecule has 3 N–H and O–H groups in total. The molecule has 0 aromatic heterocycles. The van der Waals surface area contributed by atoms with Crippen molar-refractivity contribution < 1.29 is 9.47 Å². The van der Waals surface area contributed by atoms with Gasteiger partial charge in [-0.3, -0.25) is 4.90 Å². The third kappa shape index (κ3) is 8.16. The van der Waals surface area contributed by atoms with Gasteiger partial charge in [-0.2, -0.15) is 0 Å². The van der Waals surface area contributed by atoms with Crippen LogP contribution in [-0.2, 0) is 11.3 Å². The van der Waals surface area contributed by atoms with Crippen LogP contribution in [0.2, 0.25) is 0 Å². The number of hydrogen-bond donors (Lipinski definition) is 2. The van der Waals surface area contributed by atoms with E-state index in [4.69, 9.17) is 15.2 Å². The van der Waals surface area contributed by atoms with Gasteiger partial charge in [0.1, 0.15) is 12.4 Å². The minimum Gasteiger partial charge on any atom is -0.492 e. The Morgan fingerprint density at radius 3 is 2.92 bits per heavy atom. The number of nitrogens with two attached hydrogens (primary N) is 1. The Morgan fingerprint density at radius 2 is 2.17 bits per heavy atom. The topological polar surface area (TPSA) is 72.1 Å². The second-order valence-electron chi connectivity index (χ2n) is 5.58. The molecule has 1 aromatic carbocycles. The van der Waals surface area contributed by atoms with E-state index in [2.05, 4.69) is 22.1 Å². The average molecular weight is 448 g/mol. The zero-order valence-corrected chi connectivity index (χ0v) is 16.7. The molecule has 0 atom stereocenters. The van der Waals surface area contributed by atoms with Gasteiger partial charge < -0.3 is 20.5 Å². The van der Waals surface area contributed by atoms with Gasteiger partial charge in [0.25, 0.3) is 0 Å². The number of rotatable bonds is 8. The number of halogens is 1. The van der Waals surface area contributed by atoms with Crippen LogP contribution in [0.1, 0.15) is 18.9 Å². The molecule has 1 aromatic rings. The summed E-state index contributed by atoms with van der Waals surface area (Å²) in [6.45, 7) is 8.74. The van der Waals surface area contributed by atoms with Crippen molar-refractivity contribution in [3.63, 3.8) is 0 Å². The molecule has 2 rings (SSSR count). The lowest BCUT2D eigenvalue weighted by Crippen LogP contribution is -2.38. The SMILES string of the molecule is CCCNC(N)=NCc1cccc(OCCN2CCOCC2)c1.I. The minimum absolute atomic E-state index is 0. The first kappa shape index (κ1) is 21.0. The van der Waals surface area contributed by atoms with Crippen molar-refractivity contribution in [2.45, 2.75) is 19.9 Å². The quantitative estimate of drug-likeness (QED) is 0.361. The van der Waals surface area contributed by atoms with Gasteiger partial charge in [-0.1, -0.05) is 19.1 Å². The van der Waals surface area contributed by atoms with E-state index in [1.807, 2.05) is 24.3 Å². The molecule has 1 aliphatic heterocycles. The molecule has 0 unspecified atom stereocenters. The predicted molar refractivity (Wildman–Crippen MR) is 108 cm³/mol. The van der Waals surface area contributed by atoms with Crippen LogP contribution in [0.3, 0.4) is 0 Å². The van der Waals surface area contributed by atoms with Crippen LogP contribution in [0.4, 0.5) is 0 Å². The molecule has 1 aliphatic rings. The van der Waals surface area contributed by atoms with Crippen molar-refractivity contribution in [1.29, 1.82) is 0 Å². The Labute approximate surface area is 161 Å². The molecule has 6 nitrogen and oxygen atoms in total. The molecule has 7 heteroatoms. The molecule has 0 saturated carbocycles. The summed E-state index contributed by atoms with van der Waals surface area (Å²) in [7, 11) is 0. The lowest BCUT2D eigenvalue weighted by atomic mass is 10.2. The van der Waals surface area contributed by atoms with E-state index < -0.39 is 0 Å². The summed E-state index contributed by atoms with van der Waals surface area (Å²) in [5, 5.41) is 3.07. The van der Waals surface area contributed by atoms with Crippen LogP contribution < -0.4 is 15.8 Å². The first-order valence-electron chi connectivity index (χ1n) is 8.33. The maximum absolute atomic E-state index is 5.84. The van der Waals surface area contributed by atoms with Gasteiger partial charge in [0.2, 0.25) is 0 Å². The maximum atomic E-state index is 5.84. The summed E-state index contributed by atoms with van der Waals surface area (Å²) >= 11 is 0. The number of morpholine rings is 1. The van der Waals surface area contributed by atoms with Crippen molar-refractivity contribution in [1.82, 2.24) is 10.2 Å². The summed E-state index contributed by atoms with van der Waals surface area (Å²) < 4.78 is 11.2. The van der Waals surface area contributed by atoms with E-state index in [1.54, 1.807) is 0 Å². The van der Waals surface area contributed by atoms with Crippen LogP contribution in [0.5, 0.6) is 5.75 Å². The van der Waals surface area contributed by atoms with Crippen molar-refractivity contribution in [3.8, 4) is 5.75 Å². The van der Waals surface area contributed by atoms with E-state index in [9.17, 15) is 0 Å². The lowest BCUT2D eigenvalue weighted by molar-refractivity contribution is 0.0322. The highest BCUT2D eigenvalue weighted by molar-refractivity contribution is 14.0. The Bertz CT molecular complexity index is 493. The Kier molecular flexibility index (Phi) is 10.8. The molecule has 1 fully saturated rings. The minimum atomic E-state index is 0. The molecule has 1 heterocycles. The number of guanidine groups is 1. The van der Waals surface area contributed by atoms with Gasteiger partial charge in [0.05, 0.1) is 19.8 Å². The highest BCUT2D eigenvalue weighted by atomic mass is 127. The molecule has 24 heavy (non-hydrogen) atoms. The van der Waals surface area contributed by atoms with E-state index in [0.717, 1.165) is 57.1 Å². The maximum Gasteiger partial charge on any atom is 0.188 e. The Balaban J connectivity index is 0.00000288. The van der Waals surface area contributed by atoms with Gasteiger partial charge >= 0.3 is 0 Å². The highest BCUT2D eigenvalue weighted by Gasteiger charge is 2.09. The lowest BCUT2D eigenvalue weighted by Gasteiger charge is -2.26. The van der Waals surface area contributed by atoms with Crippen LogP contribution in [0.25, 0.3) is 0 Å². The summed E-state index contributed by atoms with van der Waals surface area (Å²) in [5.41, 5.74) is 6.89. The second kappa shape index (κ2) is 12.3. The standard InChI is InChI=1S/C17H28N4O2.HI/c1-2-6-19-17(18)20-14-15-4-3-5-16(13-15)23-12-9-21-7-10-22-11-8-21;/h3-5,13H,2,6-12,14H2,1H3,(H3,18,19,20);1H. The molecule has 0 radical (unpaired) electrons. The van der Waals surface area contributed by atoms with Gasteiger partial charge in [-0.15, -0.1) is 24.0 Å². The van der Waals surface area contributed by atoms with Crippen LogP contribution >= 0.6 is 24.0 Å². The van der Waals surface area contributed by atoms with Gasteiger partial charge in [0, 0.05) is 26.2 Å². The molecular weight excluding hydrogens is 419 g/mol. The number of hydrogen-bond acceptors (Lipinski definition) is 4. The summed E-state index contributed by atoms with van der Waals surface area (Å²) in [6.07, 6.45) is 1.03. The number of benzene rings is 1. The average Bonchev–Trinajstić information content (AvgIpc) is 2.59. The first-order chi connectivity index (χ1) is 11.3. The fourth-order valence-corrected chi connectivity index (χ4v) is 2.34. The number of aliphatic imine (C=N–C) groups is 1. The zero-order chi connectivity index (χ0) is 16.3. The number of nitrogens with one attached hydrogen (secondary N) is 1.